The van der Waals surface area contributed by atoms with E-state index >= 15 is 0 Å². The fourth-order valence-electron chi connectivity index (χ4n) is 2.64. The van der Waals surface area contributed by atoms with E-state index in [9.17, 15) is 4.79 Å². The summed E-state index contributed by atoms with van der Waals surface area (Å²) in [5, 5.41) is 9.49. The number of aliphatic carboxylic acids is 1. The quantitative estimate of drug-likeness (QED) is 0.906. The van der Waals surface area contributed by atoms with Gasteiger partial charge in [0, 0.05) is 29.1 Å². The van der Waals surface area contributed by atoms with Crippen LogP contribution < -0.4 is 0 Å². The minimum absolute atomic E-state index is 0.0587. The number of hydrogen-bond acceptors (Lipinski definition) is 3. The maximum Gasteiger partial charge on any atom is 0.303 e. The highest BCUT2D eigenvalue weighted by Gasteiger charge is 2.35. The first-order valence-corrected chi connectivity index (χ1v) is 7.61. The predicted molar refractivity (Wildman–Crippen MR) is 82.7 cm³/mol. The summed E-state index contributed by atoms with van der Waals surface area (Å²) in [6.07, 6.45) is 0.787. The molecule has 1 fully saturated rings. The Kier molecular flexibility index (Phi) is 5.25. The molecular weight excluding hydrogens is 290 g/mol. The number of nitrogens with zero attached hydrogens (tertiary/aromatic N) is 1. The van der Waals surface area contributed by atoms with Gasteiger partial charge in [0.25, 0.3) is 0 Å². The molecule has 116 valence electrons. The third-order valence-electron chi connectivity index (χ3n) is 3.95. The van der Waals surface area contributed by atoms with Crippen LogP contribution in [0.3, 0.4) is 0 Å². The molecule has 1 atom stereocenters. The lowest BCUT2D eigenvalue weighted by molar-refractivity contribution is -0.137. The summed E-state index contributed by atoms with van der Waals surface area (Å²) < 4.78 is 5.98. The Morgan fingerprint density at radius 2 is 2.19 bits per heavy atom. The lowest BCUT2D eigenvalue weighted by Gasteiger charge is -2.45. The van der Waals surface area contributed by atoms with E-state index in [1.807, 2.05) is 24.3 Å². The smallest absolute Gasteiger partial charge is 0.303 e. The molecule has 0 saturated carbocycles. The molecule has 1 aliphatic heterocycles. The van der Waals surface area contributed by atoms with Crippen LogP contribution >= 0.6 is 11.6 Å². The molecule has 1 aromatic rings. The summed E-state index contributed by atoms with van der Waals surface area (Å²) in [7, 11) is 0. The minimum atomic E-state index is -0.747. The molecule has 21 heavy (non-hydrogen) atoms. The number of hydrogen-bond donors (Lipinski definition) is 1. The highest BCUT2D eigenvalue weighted by molar-refractivity contribution is 6.31. The average Bonchev–Trinajstić information content (AvgIpc) is 2.41. The Labute approximate surface area is 130 Å². The molecule has 1 N–H and O–H groups in total. The zero-order valence-electron chi connectivity index (χ0n) is 12.5. The Balaban J connectivity index is 2.05. The van der Waals surface area contributed by atoms with Crippen molar-refractivity contribution in [2.45, 2.75) is 38.3 Å². The first kappa shape index (κ1) is 16.3. The molecular formula is C16H22ClNO3. The molecule has 0 unspecified atom stereocenters. The van der Waals surface area contributed by atoms with E-state index in [2.05, 4.69) is 18.7 Å². The topological polar surface area (TPSA) is 49.8 Å². The molecule has 0 radical (unpaired) electrons. The van der Waals surface area contributed by atoms with Crippen LogP contribution in [-0.2, 0) is 9.53 Å². The second kappa shape index (κ2) is 6.77. The van der Waals surface area contributed by atoms with E-state index in [0.717, 1.165) is 18.7 Å². The second-order valence-corrected chi connectivity index (χ2v) is 6.48. The van der Waals surface area contributed by atoms with Crippen molar-refractivity contribution in [1.29, 1.82) is 0 Å². The molecule has 0 aliphatic carbocycles. The molecule has 1 heterocycles. The molecule has 0 amide bonds. The third kappa shape index (κ3) is 4.19. The van der Waals surface area contributed by atoms with Crippen LogP contribution in [0.2, 0.25) is 5.02 Å². The molecule has 2 rings (SSSR count). The van der Waals surface area contributed by atoms with Crippen LogP contribution in [0.4, 0.5) is 0 Å². The van der Waals surface area contributed by atoms with Gasteiger partial charge in [-0.2, -0.15) is 0 Å². The number of rotatable bonds is 5. The maximum atomic E-state index is 10.7. The molecule has 0 bridgehead atoms. The molecule has 1 aromatic carbocycles. The number of morpholine rings is 1. The molecule has 1 saturated heterocycles. The lowest BCUT2D eigenvalue weighted by atomic mass is 9.97. The fourth-order valence-corrected chi connectivity index (χ4v) is 2.89. The summed E-state index contributed by atoms with van der Waals surface area (Å²) in [6, 6.07) is 7.72. The first-order chi connectivity index (χ1) is 9.90. The second-order valence-electron chi connectivity index (χ2n) is 6.08. The molecule has 1 aliphatic rings. The van der Waals surface area contributed by atoms with Crippen molar-refractivity contribution in [3.8, 4) is 0 Å². The summed E-state index contributed by atoms with van der Waals surface area (Å²) in [6.45, 7) is 6.34. The highest BCUT2D eigenvalue weighted by Crippen LogP contribution is 2.33. The van der Waals surface area contributed by atoms with E-state index in [1.54, 1.807) is 0 Å². The van der Waals surface area contributed by atoms with Gasteiger partial charge in [0.2, 0.25) is 0 Å². The fraction of sp³-hybridized carbons (Fsp3) is 0.562. The first-order valence-electron chi connectivity index (χ1n) is 7.23. The Hall–Kier alpha value is -1.10. The van der Waals surface area contributed by atoms with E-state index in [0.29, 0.717) is 18.1 Å². The van der Waals surface area contributed by atoms with Crippen molar-refractivity contribution in [1.82, 2.24) is 4.90 Å². The van der Waals surface area contributed by atoms with Crippen LogP contribution in [0, 0.1) is 0 Å². The number of carboxylic acids is 1. The third-order valence-corrected chi connectivity index (χ3v) is 4.29. The number of carboxylic acid groups (broad SMARTS) is 1. The number of halogens is 1. The SMILES string of the molecule is CC1(C)CO[C@H](c2ccccc2Cl)CN1CCCC(=O)O. The molecule has 5 heteroatoms. The lowest BCUT2D eigenvalue weighted by Crippen LogP contribution is -2.54. The summed E-state index contributed by atoms with van der Waals surface area (Å²) in [4.78, 5) is 13.0. The summed E-state index contributed by atoms with van der Waals surface area (Å²) >= 11 is 6.25. The van der Waals surface area contributed by atoms with Gasteiger partial charge in [0.15, 0.2) is 0 Å². The highest BCUT2D eigenvalue weighted by atomic mass is 35.5. The maximum absolute atomic E-state index is 10.7. The monoisotopic (exact) mass is 311 g/mol. The van der Waals surface area contributed by atoms with Crippen molar-refractivity contribution in [3.63, 3.8) is 0 Å². The standard InChI is InChI=1S/C16H22ClNO3/c1-16(2)11-21-14(12-6-3-4-7-13(12)17)10-18(16)9-5-8-15(19)20/h3-4,6-7,14H,5,8-11H2,1-2H3,(H,19,20)/t14-/m0/s1. The van der Waals surface area contributed by atoms with Crippen molar-refractivity contribution >= 4 is 17.6 Å². The van der Waals surface area contributed by atoms with Crippen molar-refractivity contribution in [2.24, 2.45) is 0 Å². The minimum Gasteiger partial charge on any atom is -0.481 e. The number of benzene rings is 1. The number of ether oxygens (including phenoxy) is 1. The van der Waals surface area contributed by atoms with Crippen LogP contribution in [0.5, 0.6) is 0 Å². The van der Waals surface area contributed by atoms with E-state index in [-0.39, 0.29) is 18.1 Å². The van der Waals surface area contributed by atoms with Gasteiger partial charge in [-0.05, 0) is 32.9 Å². The van der Waals surface area contributed by atoms with Gasteiger partial charge >= 0.3 is 5.97 Å². The van der Waals surface area contributed by atoms with Gasteiger partial charge in [0.05, 0.1) is 12.7 Å². The van der Waals surface area contributed by atoms with Crippen LogP contribution in [0.1, 0.15) is 38.4 Å². The summed E-state index contributed by atoms with van der Waals surface area (Å²) in [5.41, 5.74) is 0.911. The molecule has 0 aromatic heterocycles. The largest absolute Gasteiger partial charge is 0.481 e. The normalized spacial score (nSPS) is 22.1. The Morgan fingerprint density at radius 1 is 1.48 bits per heavy atom. The van der Waals surface area contributed by atoms with Gasteiger partial charge in [-0.1, -0.05) is 29.8 Å². The van der Waals surface area contributed by atoms with Crippen LogP contribution in [-0.4, -0.2) is 41.2 Å². The Bertz CT molecular complexity index is 504. The number of carbonyl (C=O) groups is 1. The zero-order valence-corrected chi connectivity index (χ0v) is 13.3. The zero-order chi connectivity index (χ0) is 15.5. The Morgan fingerprint density at radius 3 is 2.86 bits per heavy atom. The van der Waals surface area contributed by atoms with Gasteiger partial charge < -0.3 is 9.84 Å². The van der Waals surface area contributed by atoms with Crippen LogP contribution in [0.25, 0.3) is 0 Å². The van der Waals surface area contributed by atoms with Gasteiger partial charge in [-0.15, -0.1) is 0 Å². The van der Waals surface area contributed by atoms with Gasteiger partial charge in [-0.3, -0.25) is 9.69 Å². The van der Waals surface area contributed by atoms with E-state index < -0.39 is 5.97 Å². The van der Waals surface area contributed by atoms with Crippen molar-refractivity contribution in [2.75, 3.05) is 19.7 Å². The van der Waals surface area contributed by atoms with Gasteiger partial charge in [0.1, 0.15) is 0 Å². The average molecular weight is 312 g/mol. The van der Waals surface area contributed by atoms with E-state index in [1.165, 1.54) is 0 Å². The van der Waals surface area contributed by atoms with Crippen molar-refractivity contribution < 1.29 is 14.6 Å². The van der Waals surface area contributed by atoms with Gasteiger partial charge in [-0.25, -0.2) is 0 Å². The van der Waals surface area contributed by atoms with Crippen molar-refractivity contribution in [3.05, 3.63) is 34.9 Å². The molecule has 0 spiro atoms. The van der Waals surface area contributed by atoms with E-state index in [4.69, 9.17) is 21.4 Å². The predicted octanol–water partition coefficient (Wildman–Crippen LogP) is 3.36. The van der Waals surface area contributed by atoms with Crippen LogP contribution in [0.15, 0.2) is 24.3 Å². The summed E-state index contributed by atoms with van der Waals surface area (Å²) in [5.74, 6) is -0.747. The molecule has 4 nitrogen and oxygen atoms in total.